The Morgan fingerprint density at radius 2 is 2.00 bits per heavy atom. The van der Waals surface area contributed by atoms with Gasteiger partial charge >= 0.3 is 0 Å². The van der Waals surface area contributed by atoms with Gasteiger partial charge < -0.3 is 14.8 Å². The highest BCUT2D eigenvalue weighted by molar-refractivity contribution is 5.37. The molecule has 3 nitrogen and oxygen atoms in total. The van der Waals surface area contributed by atoms with Gasteiger partial charge in [0.15, 0.2) is 0 Å². The average molecular weight is 269 g/mol. The van der Waals surface area contributed by atoms with Crippen molar-refractivity contribution in [1.29, 1.82) is 0 Å². The molecule has 0 aliphatic carbocycles. The van der Waals surface area contributed by atoms with E-state index in [2.05, 4.69) is 12.2 Å². The topological polar surface area (TPSA) is 30.5 Å². The Morgan fingerprint density at radius 3 is 2.53 bits per heavy atom. The van der Waals surface area contributed by atoms with Gasteiger partial charge in [0.1, 0.15) is 11.6 Å². The molecule has 2 unspecified atom stereocenters. The first-order valence-corrected chi connectivity index (χ1v) is 6.77. The zero-order valence-electron chi connectivity index (χ0n) is 12.2. The lowest BCUT2D eigenvalue weighted by Crippen LogP contribution is -2.33. The Hall–Kier alpha value is -1.13. The SMILES string of the molecule is CCCC(OC)C(NCC)c1cc(F)ccc1OC. The van der Waals surface area contributed by atoms with Crippen molar-refractivity contribution in [1.82, 2.24) is 5.32 Å². The van der Waals surface area contributed by atoms with E-state index in [0.29, 0.717) is 5.75 Å². The molecule has 0 radical (unpaired) electrons. The highest BCUT2D eigenvalue weighted by atomic mass is 19.1. The lowest BCUT2D eigenvalue weighted by atomic mass is 9.97. The molecule has 1 rings (SSSR count). The van der Waals surface area contributed by atoms with E-state index in [1.807, 2.05) is 6.92 Å². The minimum atomic E-state index is -0.259. The van der Waals surface area contributed by atoms with Crippen LogP contribution in [0.15, 0.2) is 18.2 Å². The second-order valence-electron chi connectivity index (χ2n) is 4.48. The lowest BCUT2D eigenvalue weighted by molar-refractivity contribution is 0.0602. The van der Waals surface area contributed by atoms with Crippen molar-refractivity contribution in [3.8, 4) is 5.75 Å². The van der Waals surface area contributed by atoms with Crippen LogP contribution in [0.1, 0.15) is 38.3 Å². The molecule has 1 aromatic carbocycles. The summed E-state index contributed by atoms with van der Waals surface area (Å²) < 4.78 is 24.4. The number of rotatable bonds is 8. The summed E-state index contributed by atoms with van der Waals surface area (Å²) in [5.41, 5.74) is 0.810. The van der Waals surface area contributed by atoms with Crippen LogP contribution in [0.3, 0.4) is 0 Å². The van der Waals surface area contributed by atoms with Gasteiger partial charge in [-0.25, -0.2) is 4.39 Å². The maximum atomic E-state index is 13.5. The summed E-state index contributed by atoms with van der Waals surface area (Å²) in [4.78, 5) is 0. The number of benzene rings is 1. The fourth-order valence-electron chi connectivity index (χ4n) is 2.31. The van der Waals surface area contributed by atoms with E-state index in [-0.39, 0.29) is 18.0 Å². The van der Waals surface area contributed by atoms with Gasteiger partial charge in [0.2, 0.25) is 0 Å². The first-order chi connectivity index (χ1) is 9.17. The maximum Gasteiger partial charge on any atom is 0.123 e. The fraction of sp³-hybridized carbons (Fsp3) is 0.600. The number of nitrogens with one attached hydrogen (secondary N) is 1. The first kappa shape index (κ1) is 15.9. The molecule has 108 valence electrons. The van der Waals surface area contributed by atoms with Crippen LogP contribution in [-0.4, -0.2) is 26.9 Å². The third kappa shape index (κ3) is 4.18. The molecule has 0 saturated heterocycles. The molecule has 0 heterocycles. The monoisotopic (exact) mass is 269 g/mol. The van der Waals surface area contributed by atoms with Crippen LogP contribution >= 0.6 is 0 Å². The van der Waals surface area contributed by atoms with Crippen molar-refractivity contribution in [2.45, 2.75) is 38.8 Å². The molecule has 4 heteroatoms. The van der Waals surface area contributed by atoms with E-state index in [0.717, 1.165) is 24.9 Å². The predicted molar refractivity (Wildman–Crippen MR) is 75.1 cm³/mol. The Labute approximate surface area is 115 Å². The number of likely N-dealkylation sites (N-methyl/N-ethyl adjacent to an activating group) is 1. The van der Waals surface area contributed by atoms with Gasteiger partial charge in [-0.15, -0.1) is 0 Å². The van der Waals surface area contributed by atoms with E-state index in [4.69, 9.17) is 9.47 Å². The quantitative estimate of drug-likeness (QED) is 0.785. The summed E-state index contributed by atoms with van der Waals surface area (Å²) in [5.74, 6) is 0.426. The third-order valence-corrected chi connectivity index (χ3v) is 3.20. The van der Waals surface area contributed by atoms with Crippen molar-refractivity contribution in [2.24, 2.45) is 0 Å². The van der Waals surface area contributed by atoms with E-state index in [1.165, 1.54) is 12.1 Å². The zero-order valence-corrected chi connectivity index (χ0v) is 12.2. The molecule has 1 aromatic rings. The van der Waals surface area contributed by atoms with Crippen LogP contribution in [-0.2, 0) is 4.74 Å². The summed E-state index contributed by atoms with van der Waals surface area (Å²) in [6, 6.07) is 4.52. The lowest BCUT2D eigenvalue weighted by Gasteiger charge is -2.28. The summed E-state index contributed by atoms with van der Waals surface area (Å²) in [7, 11) is 3.29. The first-order valence-electron chi connectivity index (χ1n) is 6.77. The largest absolute Gasteiger partial charge is 0.496 e. The standard InChI is InChI=1S/C15H24FNO2/c1-5-7-14(19-4)15(17-6-2)12-10-11(16)8-9-13(12)18-3/h8-10,14-15,17H,5-7H2,1-4H3. The summed E-state index contributed by atoms with van der Waals surface area (Å²) in [6.45, 7) is 4.92. The van der Waals surface area contributed by atoms with Crippen molar-refractivity contribution < 1.29 is 13.9 Å². The smallest absolute Gasteiger partial charge is 0.123 e. The highest BCUT2D eigenvalue weighted by Gasteiger charge is 2.25. The van der Waals surface area contributed by atoms with E-state index in [9.17, 15) is 4.39 Å². The molecule has 0 bridgehead atoms. The molecule has 0 aromatic heterocycles. The number of methoxy groups -OCH3 is 2. The van der Waals surface area contributed by atoms with Crippen LogP contribution in [0.4, 0.5) is 4.39 Å². The van der Waals surface area contributed by atoms with E-state index in [1.54, 1.807) is 20.3 Å². The summed E-state index contributed by atoms with van der Waals surface area (Å²) in [6.07, 6.45) is 1.92. The molecule has 0 spiro atoms. The second-order valence-corrected chi connectivity index (χ2v) is 4.48. The van der Waals surface area contributed by atoms with Gasteiger partial charge in [-0.3, -0.25) is 0 Å². The number of halogens is 1. The maximum absolute atomic E-state index is 13.5. The van der Waals surface area contributed by atoms with Gasteiger partial charge in [0, 0.05) is 12.7 Å². The normalized spacial score (nSPS) is 14.2. The van der Waals surface area contributed by atoms with Gasteiger partial charge in [-0.2, -0.15) is 0 Å². The van der Waals surface area contributed by atoms with Crippen LogP contribution in [0.5, 0.6) is 5.75 Å². The van der Waals surface area contributed by atoms with Gasteiger partial charge in [-0.1, -0.05) is 20.3 Å². The number of ether oxygens (including phenoxy) is 2. The van der Waals surface area contributed by atoms with Crippen LogP contribution in [0.2, 0.25) is 0 Å². The predicted octanol–water partition coefficient (Wildman–Crippen LogP) is 3.30. The van der Waals surface area contributed by atoms with E-state index >= 15 is 0 Å². The molecule has 0 aliphatic heterocycles. The van der Waals surface area contributed by atoms with Gasteiger partial charge in [-0.05, 0) is 31.2 Å². The van der Waals surface area contributed by atoms with Crippen molar-refractivity contribution in [2.75, 3.05) is 20.8 Å². The second kappa shape index (κ2) is 8.12. The van der Waals surface area contributed by atoms with Gasteiger partial charge in [0.25, 0.3) is 0 Å². The molecule has 0 fully saturated rings. The minimum Gasteiger partial charge on any atom is -0.496 e. The van der Waals surface area contributed by atoms with Crippen molar-refractivity contribution in [3.63, 3.8) is 0 Å². The fourth-order valence-corrected chi connectivity index (χ4v) is 2.31. The number of hydrogen-bond acceptors (Lipinski definition) is 3. The zero-order chi connectivity index (χ0) is 14.3. The van der Waals surface area contributed by atoms with Gasteiger partial charge in [0.05, 0.1) is 19.3 Å². The van der Waals surface area contributed by atoms with Crippen molar-refractivity contribution in [3.05, 3.63) is 29.6 Å². The third-order valence-electron chi connectivity index (χ3n) is 3.20. The Kier molecular flexibility index (Phi) is 6.81. The molecule has 1 N–H and O–H groups in total. The molecular weight excluding hydrogens is 245 g/mol. The minimum absolute atomic E-state index is 0.000602. The summed E-state index contributed by atoms with van der Waals surface area (Å²) in [5, 5.41) is 3.36. The number of hydrogen-bond donors (Lipinski definition) is 1. The molecule has 0 amide bonds. The Bertz CT molecular complexity index is 384. The average Bonchev–Trinajstić information content (AvgIpc) is 2.42. The van der Waals surface area contributed by atoms with E-state index < -0.39 is 0 Å². The Balaban J connectivity index is 3.12. The van der Waals surface area contributed by atoms with Crippen LogP contribution in [0, 0.1) is 5.82 Å². The van der Waals surface area contributed by atoms with Crippen molar-refractivity contribution >= 4 is 0 Å². The molecular formula is C15H24FNO2. The molecule has 0 aliphatic rings. The summed E-state index contributed by atoms with van der Waals surface area (Å²) >= 11 is 0. The highest BCUT2D eigenvalue weighted by Crippen LogP contribution is 2.30. The van der Waals surface area contributed by atoms with Crippen LogP contribution in [0.25, 0.3) is 0 Å². The van der Waals surface area contributed by atoms with Crippen LogP contribution < -0.4 is 10.1 Å². The molecule has 0 saturated carbocycles. The molecule has 19 heavy (non-hydrogen) atoms. The Morgan fingerprint density at radius 1 is 1.26 bits per heavy atom. The molecule has 2 atom stereocenters.